The zero-order valence-electron chi connectivity index (χ0n) is 16.9. The van der Waals surface area contributed by atoms with Crippen LogP contribution in [0, 0.1) is 30.6 Å². The van der Waals surface area contributed by atoms with E-state index in [0.717, 1.165) is 34.7 Å². The van der Waals surface area contributed by atoms with Crippen LogP contribution in [0.1, 0.15) is 29.5 Å². The predicted octanol–water partition coefficient (Wildman–Crippen LogP) is 4.11. The fraction of sp³-hybridized carbons (Fsp3) is 0.320. The maximum atomic E-state index is 12.8. The molecule has 0 radical (unpaired) electrons. The predicted molar refractivity (Wildman–Crippen MR) is 114 cm³/mol. The van der Waals surface area contributed by atoms with Gasteiger partial charge in [-0.15, -0.1) is 0 Å². The molecule has 0 spiro atoms. The summed E-state index contributed by atoms with van der Waals surface area (Å²) in [5.41, 5.74) is 3.10. The molecule has 4 aliphatic rings. The molecule has 5 nitrogen and oxygen atoms in total. The second-order valence-electron chi connectivity index (χ2n) is 8.42. The first kappa shape index (κ1) is 18.8. The first-order valence-corrected chi connectivity index (χ1v) is 10.5. The number of fused-ring (bicyclic) bond motifs is 1. The van der Waals surface area contributed by atoms with Crippen LogP contribution in [-0.2, 0) is 16.2 Å². The topological polar surface area (TPSA) is 59.0 Å². The summed E-state index contributed by atoms with van der Waals surface area (Å²) >= 11 is 0. The van der Waals surface area contributed by atoms with Crippen molar-refractivity contribution in [1.29, 1.82) is 0 Å². The van der Waals surface area contributed by atoms with Gasteiger partial charge < -0.3 is 4.74 Å². The van der Waals surface area contributed by atoms with E-state index < -0.39 is 0 Å². The van der Waals surface area contributed by atoms with Crippen molar-refractivity contribution in [3.05, 3.63) is 77.4 Å². The van der Waals surface area contributed by atoms with E-state index >= 15 is 0 Å². The second-order valence-corrected chi connectivity index (χ2v) is 8.42. The number of hydrogen-bond donors (Lipinski definition) is 0. The fourth-order valence-electron chi connectivity index (χ4n) is 4.83. The van der Waals surface area contributed by atoms with Crippen molar-refractivity contribution in [3.63, 3.8) is 0 Å². The van der Waals surface area contributed by atoms with Gasteiger partial charge in [0.25, 0.3) is 11.8 Å². The summed E-state index contributed by atoms with van der Waals surface area (Å²) in [5.74, 6) is 0.282. The van der Waals surface area contributed by atoms with Crippen molar-refractivity contribution in [2.75, 3.05) is 0 Å². The van der Waals surface area contributed by atoms with Crippen LogP contribution in [0.4, 0.5) is 0 Å². The quantitative estimate of drug-likeness (QED) is 0.431. The van der Waals surface area contributed by atoms with Crippen LogP contribution in [0.25, 0.3) is 0 Å². The highest BCUT2D eigenvalue weighted by Gasteiger charge is 2.56. The first-order valence-electron chi connectivity index (χ1n) is 10.5. The summed E-state index contributed by atoms with van der Waals surface area (Å²) < 4.78 is 5.88. The average molecular weight is 400 g/mol. The molecule has 3 aliphatic carbocycles. The van der Waals surface area contributed by atoms with Gasteiger partial charge in [0, 0.05) is 0 Å². The van der Waals surface area contributed by atoms with Crippen molar-refractivity contribution in [3.8, 4) is 5.75 Å². The van der Waals surface area contributed by atoms with Crippen LogP contribution < -0.4 is 4.74 Å². The van der Waals surface area contributed by atoms with Gasteiger partial charge in [-0.25, -0.2) is 0 Å². The molecular formula is C25H24N2O3. The number of carbonyl (C=O) groups is 2. The molecule has 6 rings (SSSR count). The number of hydrazone groups is 1. The summed E-state index contributed by atoms with van der Waals surface area (Å²) in [4.78, 5) is 25.7. The molecule has 5 heteroatoms. The monoisotopic (exact) mass is 400 g/mol. The summed E-state index contributed by atoms with van der Waals surface area (Å²) in [6.45, 7) is 2.53. The number of benzene rings is 2. The van der Waals surface area contributed by atoms with Gasteiger partial charge in [-0.1, -0.05) is 54.1 Å². The number of aryl methyl sites for hydroxylation is 1. The van der Waals surface area contributed by atoms with Gasteiger partial charge in [0.2, 0.25) is 0 Å². The standard InChI is InChI=1S/C25H24N2O3/c1-16-5-7-17(8-6-16)15-30-21-4-2-3-18(13-21)14-26-27-24(28)22-19-9-10-20(12-11-19)23(22)25(27)29/h2-10,13-14,19-20,22-23H,11-12,15H2,1H3/b26-14+. The van der Waals surface area contributed by atoms with E-state index in [1.807, 2.05) is 36.4 Å². The van der Waals surface area contributed by atoms with E-state index in [-0.39, 0.29) is 35.5 Å². The van der Waals surface area contributed by atoms with Crippen molar-refractivity contribution in [2.24, 2.45) is 28.8 Å². The van der Waals surface area contributed by atoms with Crippen LogP contribution in [0.15, 0.2) is 65.8 Å². The molecule has 1 heterocycles. The van der Waals surface area contributed by atoms with E-state index in [4.69, 9.17) is 4.74 Å². The summed E-state index contributed by atoms with van der Waals surface area (Å²) in [7, 11) is 0. The average Bonchev–Trinajstić information content (AvgIpc) is 3.05. The van der Waals surface area contributed by atoms with Crippen LogP contribution >= 0.6 is 0 Å². The molecule has 2 fully saturated rings. The minimum atomic E-state index is -0.234. The van der Waals surface area contributed by atoms with E-state index in [1.54, 1.807) is 6.21 Å². The van der Waals surface area contributed by atoms with Gasteiger partial charge >= 0.3 is 0 Å². The summed E-state index contributed by atoms with van der Waals surface area (Å²) in [6.07, 6.45) is 7.77. The lowest BCUT2D eigenvalue weighted by Crippen LogP contribution is -2.38. The maximum absolute atomic E-state index is 12.8. The van der Waals surface area contributed by atoms with Gasteiger partial charge in [-0.2, -0.15) is 10.1 Å². The number of allylic oxidation sites excluding steroid dienone is 2. The third-order valence-electron chi connectivity index (χ3n) is 6.44. The number of amides is 2. The third-order valence-corrected chi connectivity index (χ3v) is 6.44. The highest BCUT2D eigenvalue weighted by molar-refractivity contribution is 6.06. The number of nitrogens with zero attached hydrogens (tertiary/aromatic N) is 2. The molecule has 1 saturated heterocycles. The number of rotatable bonds is 5. The Hall–Kier alpha value is -3.21. The lowest BCUT2D eigenvalue weighted by molar-refractivity contribution is -0.140. The van der Waals surface area contributed by atoms with Crippen molar-refractivity contribution >= 4 is 18.0 Å². The van der Waals surface area contributed by atoms with Crippen LogP contribution in [0.3, 0.4) is 0 Å². The molecule has 2 amide bonds. The van der Waals surface area contributed by atoms with E-state index in [0.29, 0.717) is 6.61 Å². The minimum absolute atomic E-state index is 0.160. The van der Waals surface area contributed by atoms with Crippen LogP contribution in [0.2, 0.25) is 0 Å². The lowest BCUT2D eigenvalue weighted by atomic mass is 9.63. The molecule has 2 bridgehead atoms. The number of carbonyl (C=O) groups excluding carboxylic acids is 2. The maximum Gasteiger partial charge on any atom is 0.254 e. The summed E-state index contributed by atoms with van der Waals surface area (Å²) in [6, 6.07) is 15.7. The molecule has 0 aromatic heterocycles. The Labute approximate surface area is 176 Å². The Morgan fingerprint density at radius 3 is 2.30 bits per heavy atom. The zero-order valence-corrected chi connectivity index (χ0v) is 16.9. The Morgan fingerprint density at radius 2 is 1.67 bits per heavy atom. The highest BCUT2D eigenvalue weighted by Crippen LogP contribution is 2.49. The normalized spacial score (nSPS) is 27.2. The molecule has 2 aromatic carbocycles. The molecule has 30 heavy (non-hydrogen) atoms. The SMILES string of the molecule is Cc1ccc(COc2cccc(/C=N/N3C(=O)C4C5C=CC(CC5)C4C3=O)c2)cc1. The number of ether oxygens (including phenoxy) is 1. The van der Waals surface area contributed by atoms with Crippen molar-refractivity contribution in [2.45, 2.75) is 26.4 Å². The number of hydrogen-bond acceptors (Lipinski definition) is 4. The number of imide groups is 1. The molecule has 0 N–H and O–H groups in total. The van der Waals surface area contributed by atoms with E-state index in [2.05, 4.69) is 36.3 Å². The van der Waals surface area contributed by atoms with E-state index in [1.165, 1.54) is 5.56 Å². The van der Waals surface area contributed by atoms with Crippen LogP contribution in [0.5, 0.6) is 5.75 Å². The van der Waals surface area contributed by atoms with Gasteiger partial charge in [-0.3, -0.25) is 9.59 Å². The fourth-order valence-corrected chi connectivity index (χ4v) is 4.83. The lowest BCUT2D eigenvalue weighted by Gasteiger charge is -2.37. The van der Waals surface area contributed by atoms with Crippen LogP contribution in [-0.4, -0.2) is 23.0 Å². The third kappa shape index (κ3) is 3.34. The largest absolute Gasteiger partial charge is 0.489 e. The smallest absolute Gasteiger partial charge is 0.254 e. The molecule has 4 unspecified atom stereocenters. The second kappa shape index (κ2) is 7.56. The van der Waals surface area contributed by atoms with Gasteiger partial charge in [-0.05, 0) is 54.9 Å². The molecule has 152 valence electrons. The molecule has 1 aliphatic heterocycles. The van der Waals surface area contributed by atoms with Crippen molar-refractivity contribution < 1.29 is 14.3 Å². The van der Waals surface area contributed by atoms with Crippen molar-refractivity contribution in [1.82, 2.24) is 5.01 Å². The van der Waals surface area contributed by atoms with Gasteiger partial charge in [0.05, 0.1) is 18.1 Å². The molecule has 1 saturated carbocycles. The van der Waals surface area contributed by atoms with Gasteiger partial charge in [0.15, 0.2) is 0 Å². The summed E-state index contributed by atoms with van der Waals surface area (Å²) in [5, 5.41) is 5.36. The Morgan fingerprint density at radius 1 is 1.00 bits per heavy atom. The Kier molecular flexibility index (Phi) is 4.74. The highest BCUT2D eigenvalue weighted by atomic mass is 16.5. The zero-order chi connectivity index (χ0) is 20.7. The van der Waals surface area contributed by atoms with Gasteiger partial charge in [0.1, 0.15) is 12.4 Å². The first-order chi connectivity index (χ1) is 14.6. The molecular weight excluding hydrogens is 376 g/mol. The Balaban J connectivity index is 1.28. The minimum Gasteiger partial charge on any atom is -0.489 e. The molecule has 2 aromatic rings. The van der Waals surface area contributed by atoms with E-state index in [9.17, 15) is 9.59 Å². The molecule has 4 atom stereocenters. The Bertz CT molecular complexity index is 1010.